The van der Waals surface area contributed by atoms with Crippen LogP contribution in [0.3, 0.4) is 0 Å². The first-order valence-electron chi connectivity index (χ1n) is 5.23. The minimum atomic E-state index is -4.92. The molecule has 0 fully saturated rings. The molecule has 0 aliphatic rings. The van der Waals surface area contributed by atoms with Gasteiger partial charge in [0.2, 0.25) is 0 Å². The van der Waals surface area contributed by atoms with Crippen molar-refractivity contribution in [1.82, 2.24) is 0 Å². The molecule has 3 N–H and O–H groups in total. The van der Waals surface area contributed by atoms with Gasteiger partial charge in [0, 0.05) is 0 Å². The Labute approximate surface area is 104 Å². The highest BCUT2D eigenvalue weighted by Gasteiger charge is 2.37. The van der Waals surface area contributed by atoms with Crippen molar-refractivity contribution in [3.63, 3.8) is 0 Å². The number of benzene rings is 1. The van der Waals surface area contributed by atoms with Gasteiger partial charge in [-0.05, 0) is 36.7 Å². The van der Waals surface area contributed by atoms with E-state index in [4.69, 9.17) is 5.73 Å². The molecule has 0 aromatic heterocycles. The van der Waals surface area contributed by atoms with Gasteiger partial charge in [-0.1, -0.05) is 0 Å². The Balaban J connectivity index is 3.33. The largest absolute Gasteiger partial charge is 0.416 e. The molecule has 19 heavy (non-hydrogen) atoms. The first-order valence-corrected chi connectivity index (χ1v) is 5.23. The lowest BCUT2D eigenvalue weighted by Gasteiger charge is -2.16. The summed E-state index contributed by atoms with van der Waals surface area (Å²) in [7, 11) is 0. The fraction of sp³-hybridized carbons (Fsp3) is 0.455. The molecular formula is C11H11F6NO. The predicted molar refractivity (Wildman–Crippen MR) is 55.1 cm³/mol. The normalized spacial score (nSPS) is 14.5. The monoisotopic (exact) mass is 287 g/mol. The van der Waals surface area contributed by atoms with Crippen LogP contribution in [0.2, 0.25) is 0 Å². The lowest BCUT2D eigenvalue weighted by molar-refractivity contribution is -0.143. The van der Waals surface area contributed by atoms with Crippen LogP contribution in [-0.4, -0.2) is 11.7 Å². The molecule has 1 unspecified atom stereocenters. The van der Waals surface area contributed by atoms with E-state index in [2.05, 4.69) is 0 Å². The molecule has 1 rings (SSSR count). The second-order valence-corrected chi connectivity index (χ2v) is 3.93. The predicted octanol–water partition coefficient (Wildman–Crippen LogP) is 3.11. The summed E-state index contributed by atoms with van der Waals surface area (Å²) in [6.07, 6.45) is -11.4. The number of aliphatic hydroxyl groups is 1. The van der Waals surface area contributed by atoms with Crippen molar-refractivity contribution in [1.29, 1.82) is 0 Å². The number of halogens is 6. The lowest BCUT2D eigenvalue weighted by Crippen LogP contribution is -2.14. The van der Waals surface area contributed by atoms with E-state index in [0.717, 1.165) is 0 Å². The van der Waals surface area contributed by atoms with Crippen LogP contribution in [0.25, 0.3) is 0 Å². The fourth-order valence-electron chi connectivity index (χ4n) is 1.50. The zero-order chi connectivity index (χ0) is 14.8. The summed E-state index contributed by atoms with van der Waals surface area (Å²) >= 11 is 0. The molecule has 0 aliphatic carbocycles. The van der Waals surface area contributed by atoms with Crippen molar-refractivity contribution in [2.75, 3.05) is 6.54 Å². The van der Waals surface area contributed by atoms with E-state index in [0.29, 0.717) is 12.1 Å². The van der Waals surface area contributed by atoms with E-state index in [1.54, 1.807) is 0 Å². The maximum atomic E-state index is 12.5. The van der Waals surface area contributed by atoms with Crippen LogP contribution in [0, 0.1) is 0 Å². The number of alkyl halides is 6. The summed E-state index contributed by atoms with van der Waals surface area (Å²) in [5.74, 6) is 0. The second kappa shape index (κ2) is 5.38. The second-order valence-electron chi connectivity index (χ2n) is 3.93. The van der Waals surface area contributed by atoms with E-state index in [1.165, 1.54) is 0 Å². The molecule has 0 saturated carbocycles. The molecule has 8 heteroatoms. The third-order valence-corrected chi connectivity index (χ3v) is 2.43. The highest BCUT2D eigenvalue weighted by molar-refractivity contribution is 5.34. The molecule has 1 aromatic rings. The molecule has 108 valence electrons. The van der Waals surface area contributed by atoms with Crippen molar-refractivity contribution >= 4 is 0 Å². The number of hydrogen-bond acceptors (Lipinski definition) is 2. The minimum absolute atomic E-state index is 0.0126. The zero-order valence-corrected chi connectivity index (χ0v) is 9.52. The number of hydrogen-bond donors (Lipinski definition) is 2. The summed E-state index contributed by atoms with van der Waals surface area (Å²) in [5.41, 5.74) is 1.76. The standard InChI is InChI=1S/C11H11F6NO/c12-10(13,14)7-3-6(9(19)1-2-18)4-8(5-7)11(15,16)17/h3-5,9,19H,1-2,18H2. The summed E-state index contributed by atoms with van der Waals surface area (Å²) < 4.78 is 75.1. The van der Waals surface area contributed by atoms with Crippen molar-refractivity contribution in [3.8, 4) is 0 Å². The molecule has 0 saturated heterocycles. The van der Waals surface area contributed by atoms with Gasteiger partial charge in [0.15, 0.2) is 0 Å². The van der Waals surface area contributed by atoms with Crippen LogP contribution < -0.4 is 5.73 Å². The maximum absolute atomic E-state index is 12.5. The number of rotatable bonds is 3. The van der Waals surface area contributed by atoms with Gasteiger partial charge < -0.3 is 10.8 Å². The molecule has 0 aliphatic heterocycles. The van der Waals surface area contributed by atoms with Crippen LogP contribution in [-0.2, 0) is 12.4 Å². The van der Waals surface area contributed by atoms with E-state index in [1.807, 2.05) is 0 Å². The van der Waals surface area contributed by atoms with Crippen LogP contribution in [0.15, 0.2) is 18.2 Å². The van der Waals surface area contributed by atoms with Crippen molar-refractivity contribution in [2.24, 2.45) is 5.73 Å². The Hall–Kier alpha value is -1.28. The summed E-state index contributed by atoms with van der Waals surface area (Å²) in [4.78, 5) is 0. The fourth-order valence-corrected chi connectivity index (χ4v) is 1.50. The summed E-state index contributed by atoms with van der Waals surface area (Å²) in [5, 5.41) is 9.49. The first-order chi connectivity index (χ1) is 8.55. The van der Waals surface area contributed by atoms with Gasteiger partial charge in [-0.15, -0.1) is 0 Å². The molecule has 1 aromatic carbocycles. The van der Waals surface area contributed by atoms with Gasteiger partial charge in [0.1, 0.15) is 0 Å². The summed E-state index contributed by atoms with van der Waals surface area (Å²) in [6, 6.07) is 1.00. The molecule has 2 nitrogen and oxygen atoms in total. The highest BCUT2D eigenvalue weighted by atomic mass is 19.4. The van der Waals surface area contributed by atoms with Crippen molar-refractivity contribution < 1.29 is 31.4 Å². The van der Waals surface area contributed by atoms with E-state index >= 15 is 0 Å². The van der Waals surface area contributed by atoms with Crippen LogP contribution in [0.5, 0.6) is 0 Å². The van der Waals surface area contributed by atoms with E-state index in [-0.39, 0.29) is 19.0 Å². The van der Waals surface area contributed by atoms with Gasteiger partial charge >= 0.3 is 12.4 Å². The average molecular weight is 287 g/mol. The van der Waals surface area contributed by atoms with Gasteiger partial charge in [0.25, 0.3) is 0 Å². The first kappa shape index (κ1) is 15.8. The van der Waals surface area contributed by atoms with Gasteiger partial charge in [-0.2, -0.15) is 26.3 Å². The van der Waals surface area contributed by atoms with Gasteiger partial charge in [-0.3, -0.25) is 0 Å². The number of nitrogens with two attached hydrogens (primary N) is 1. The van der Waals surface area contributed by atoms with Crippen LogP contribution >= 0.6 is 0 Å². The van der Waals surface area contributed by atoms with E-state index in [9.17, 15) is 31.4 Å². The Morgan fingerprint density at radius 3 is 1.68 bits per heavy atom. The Kier molecular flexibility index (Phi) is 4.46. The molecule has 0 bridgehead atoms. The maximum Gasteiger partial charge on any atom is 0.416 e. The molecular weight excluding hydrogens is 276 g/mol. The molecule has 1 atom stereocenters. The van der Waals surface area contributed by atoms with E-state index < -0.39 is 35.1 Å². The Morgan fingerprint density at radius 2 is 1.37 bits per heavy atom. The Morgan fingerprint density at radius 1 is 0.947 bits per heavy atom. The van der Waals surface area contributed by atoms with Crippen LogP contribution in [0.1, 0.15) is 29.2 Å². The van der Waals surface area contributed by atoms with Gasteiger partial charge in [-0.25, -0.2) is 0 Å². The lowest BCUT2D eigenvalue weighted by atomic mass is 9.99. The van der Waals surface area contributed by atoms with Gasteiger partial charge in [0.05, 0.1) is 17.2 Å². The third-order valence-electron chi connectivity index (χ3n) is 2.43. The molecule has 0 radical (unpaired) electrons. The molecule has 0 heterocycles. The number of aliphatic hydroxyl groups excluding tert-OH is 1. The SMILES string of the molecule is NCCC(O)c1cc(C(F)(F)F)cc(C(F)(F)F)c1. The smallest absolute Gasteiger partial charge is 0.388 e. The summed E-state index contributed by atoms with van der Waals surface area (Å²) in [6.45, 7) is -0.0568. The van der Waals surface area contributed by atoms with Crippen LogP contribution in [0.4, 0.5) is 26.3 Å². The topological polar surface area (TPSA) is 46.2 Å². The third kappa shape index (κ3) is 4.10. The zero-order valence-electron chi connectivity index (χ0n) is 9.52. The minimum Gasteiger partial charge on any atom is -0.388 e. The quantitative estimate of drug-likeness (QED) is 0.839. The molecule has 0 spiro atoms. The Bertz CT molecular complexity index is 408. The molecule has 0 amide bonds. The highest BCUT2D eigenvalue weighted by Crippen LogP contribution is 2.37. The van der Waals surface area contributed by atoms with Crippen molar-refractivity contribution in [2.45, 2.75) is 24.9 Å². The average Bonchev–Trinajstić information content (AvgIpc) is 2.26. The van der Waals surface area contributed by atoms with Crippen molar-refractivity contribution in [3.05, 3.63) is 34.9 Å².